The van der Waals surface area contributed by atoms with E-state index in [-0.39, 0.29) is 20.0 Å². The van der Waals surface area contributed by atoms with Gasteiger partial charge < -0.3 is 57.6 Å². The van der Waals surface area contributed by atoms with Crippen LogP contribution in [0.15, 0.2) is 54.6 Å². The molecule has 2 unspecified atom stereocenters. The van der Waals surface area contributed by atoms with Crippen LogP contribution in [0, 0.1) is 11.8 Å². The molecule has 8 rings (SSSR count). The molecular formula is C35H36O13. The Morgan fingerprint density at radius 3 is 2.17 bits per heavy atom. The number of rotatable bonds is 7. The van der Waals surface area contributed by atoms with Gasteiger partial charge in [-0.1, -0.05) is 30.3 Å². The van der Waals surface area contributed by atoms with E-state index in [2.05, 4.69) is 0 Å². The standard InChI is InChI=1S/C35H36O13/c1-39-23-9-17(10-24(40-2)31(23)41-3)26-18-11-21-22(45-15-44-21)12-19(18)30(20-13-42-33(38)27(20)26)47-35-29(37)28(36)32-25(46-35)14-43-34(48-32)16-7-5-4-6-8-16/h4-12,20,25-30,32,34-37H,13-15H2,1-3H3/t20?,25-,26-,27+,28+,29-,30+,32-,34?,35+/m1/s1. The molecule has 10 atom stereocenters. The molecule has 0 aromatic heterocycles. The van der Waals surface area contributed by atoms with Crippen molar-refractivity contribution in [2.75, 3.05) is 41.3 Å². The van der Waals surface area contributed by atoms with E-state index in [9.17, 15) is 15.0 Å². The van der Waals surface area contributed by atoms with Gasteiger partial charge in [0.2, 0.25) is 12.5 Å². The third-order valence-corrected chi connectivity index (χ3v) is 9.85. The summed E-state index contributed by atoms with van der Waals surface area (Å²) in [4.78, 5) is 13.6. The fourth-order valence-electron chi connectivity index (χ4n) is 7.58. The Balaban J connectivity index is 1.15. The van der Waals surface area contributed by atoms with Crippen molar-refractivity contribution in [3.63, 3.8) is 0 Å². The molecule has 2 N–H and O–H groups in total. The molecule has 0 bridgehead atoms. The van der Waals surface area contributed by atoms with E-state index < -0.39 is 66.8 Å². The Labute approximate surface area is 276 Å². The van der Waals surface area contributed by atoms with Gasteiger partial charge in [-0.05, 0) is 41.0 Å². The molecule has 4 heterocycles. The SMILES string of the molecule is COc1cc([C@@H]2c3cc4c(cc3[C@H](O[C@@H]3O[C@@H]5COC(c6ccccc6)O[C@H]5[C@@H](O)[C@H]3O)C3COC(=O)[C@@H]32)OCO4)cc(OC)c1OC. The normalized spacial score (nSPS) is 33.2. The number of methoxy groups -OCH3 is 3. The lowest BCUT2D eigenvalue weighted by molar-refractivity contribution is -0.369. The zero-order chi connectivity index (χ0) is 33.1. The molecule has 3 aromatic rings. The topological polar surface area (TPSA) is 150 Å². The minimum absolute atomic E-state index is 0.0389. The van der Waals surface area contributed by atoms with Crippen molar-refractivity contribution in [2.24, 2.45) is 11.8 Å². The van der Waals surface area contributed by atoms with Crippen LogP contribution in [-0.2, 0) is 28.5 Å². The molecule has 3 fully saturated rings. The number of carbonyl (C=O) groups excluding carboxylic acids is 1. The molecule has 0 amide bonds. The number of aliphatic hydroxyl groups is 2. The maximum atomic E-state index is 13.6. The van der Waals surface area contributed by atoms with Gasteiger partial charge in [-0.3, -0.25) is 4.79 Å². The quantitative estimate of drug-likeness (QED) is 0.357. The van der Waals surface area contributed by atoms with Gasteiger partial charge in [0.1, 0.15) is 24.4 Å². The van der Waals surface area contributed by atoms with Gasteiger partial charge in [-0.15, -0.1) is 0 Å². The summed E-state index contributed by atoms with van der Waals surface area (Å²) in [6.07, 6.45) is -7.19. The fourth-order valence-corrected chi connectivity index (χ4v) is 7.58. The highest BCUT2D eigenvalue weighted by Crippen LogP contribution is 2.57. The average molecular weight is 665 g/mol. The van der Waals surface area contributed by atoms with Gasteiger partial charge in [0.25, 0.3) is 0 Å². The number of aliphatic hydroxyl groups excluding tert-OH is 2. The smallest absolute Gasteiger partial charge is 0.310 e. The predicted molar refractivity (Wildman–Crippen MR) is 163 cm³/mol. The lowest BCUT2D eigenvalue weighted by atomic mass is 9.66. The number of esters is 1. The summed E-state index contributed by atoms with van der Waals surface area (Å²) in [5.41, 5.74) is 2.95. The molecule has 254 valence electrons. The van der Waals surface area contributed by atoms with E-state index in [1.54, 1.807) is 0 Å². The van der Waals surface area contributed by atoms with Crippen LogP contribution in [-0.4, -0.2) is 88.2 Å². The van der Waals surface area contributed by atoms with Crippen molar-refractivity contribution in [3.05, 3.63) is 76.9 Å². The van der Waals surface area contributed by atoms with E-state index in [4.69, 9.17) is 47.4 Å². The Morgan fingerprint density at radius 2 is 1.48 bits per heavy atom. The fraction of sp³-hybridized carbons (Fsp3) is 0.457. The minimum Gasteiger partial charge on any atom is -0.493 e. The Bertz CT molecular complexity index is 1650. The van der Waals surface area contributed by atoms with Crippen molar-refractivity contribution < 1.29 is 62.4 Å². The van der Waals surface area contributed by atoms with Crippen molar-refractivity contribution in [1.29, 1.82) is 0 Å². The molecule has 4 aliphatic heterocycles. The molecule has 5 aliphatic rings. The number of ether oxygens (including phenoxy) is 10. The molecule has 3 aromatic carbocycles. The summed E-state index contributed by atoms with van der Waals surface area (Å²) in [6.45, 7) is 0.202. The Morgan fingerprint density at radius 1 is 0.771 bits per heavy atom. The van der Waals surface area contributed by atoms with Crippen LogP contribution in [0.2, 0.25) is 0 Å². The Hall–Kier alpha value is -4.11. The third-order valence-electron chi connectivity index (χ3n) is 9.85. The first-order valence-electron chi connectivity index (χ1n) is 15.8. The number of fused-ring (bicyclic) bond motifs is 4. The predicted octanol–water partition coefficient (Wildman–Crippen LogP) is 2.99. The van der Waals surface area contributed by atoms with Crippen molar-refractivity contribution in [3.8, 4) is 28.7 Å². The molecule has 48 heavy (non-hydrogen) atoms. The van der Waals surface area contributed by atoms with Crippen LogP contribution in [0.1, 0.15) is 40.6 Å². The second-order valence-electron chi connectivity index (χ2n) is 12.3. The lowest BCUT2D eigenvalue weighted by Gasteiger charge is -2.48. The average Bonchev–Trinajstić information content (AvgIpc) is 3.75. The molecule has 3 saturated heterocycles. The summed E-state index contributed by atoms with van der Waals surface area (Å²) in [5.74, 6) is 0.203. The number of cyclic esters (lactones) is 1. The summed E-state index contributed by atoms with van der Waals surface area (Å²) < 4.78 is 58.9. The monoisotopic (exact) mass is 664 g/mol. The van der Waals surface area contributed by atoms with Crippen LogP contribution in [0.25, 0.3) is 0 Å². The third kappa shape index (κ3) is 5.04. The van der Waals surface area contributed by atoms with Gasteiger partial charge in [0, 0.05) is 17.4 Å². The summed E-state index contributed by atoms with van der Waals surface area (Å²) >= 11 is 0. The number of carbonyl (C=O) groups is 1. The van der Waals surface area contributed by atoms with Crippen LogP contribution < -0.4 is 23.7 Å². The van der Waals surface area contributed by atoms with Gasteiger partial charge in [0.05, 0.1) is 46.6 Å². The highest BCUT2D eigenvalue weighted by atomic mass is 16.8. The van der Waals surface area contributed by atoms with E-state index in [1.807, 2.05) is 54.6 Å². The first kappa shape index (κ1) is 31.2. The minimum atomic E-state index is -1.47. The van der Waals surface area contributed by atoms with Crippen molar-refractivity contribution >= 4 is 5.97 Å². The van der Waals surface area contributed by atoms with E-state index >= 15 is 0 Å². The molecule has 0 spiro atoms. The van der Waals surface area contributed by atoms with Gasteiger partial charge in [0.15, 0.2) is 35.6 Å². The van der Waals surface area contributed by atoms with E-state index in [0.717, 1.165) is 16.7 Å². The van der Waals surface area contributed by atoms with Crippen molar-refractivity contribution in [2.45, 2.75) is 49.0 Å². The maximum Gasteiger partial charge on any atom is 0.310 e. The highest BCUT2D eigenvalue weighted by molar-refractivity contribution is 5.79. The number of hydrogen-bond donors (Lipinski definition) is 2. The largest absolute Gasteiger partial charge is 0.493 e. The second-order valence-corrected chi connectivity index (χ2v) is 12.3. The lowest BCUT2D eigenvalue weighted by Crippen LogP contribution is -2.62. The number of hydrogen-bond acceptors (Lipinski definition) is 13. The molecule has 0 saturated carbocycles. The zero-order valence-corrected chi connectivity index (χ0v) is 26.5. The Kier molecular flexibility index (Phi) is 8.06. The van der Waals surface area contributed by atoms with Gasteiger partial charge in [-0.25, -0.2) is 0 Å². The maximum absolute atomic E-state index is 13.6. The van der Waals surface area contributed by atoms with Crippen LogP contribution >= 0.6 is 0 Å². The molecule has 13 nitrogen and oxygen atoms in total. The second kappa shape index (κ2) is 12.4. The number of benzene rings is 3. The molecule has 13 heteroatoms. The first-order chi connectivity index (χ1) is 23.4. The molecule has 0 radical (unpaired) electrons. The summed E-state index contributed by atoms with van der Waals surface area (Å²) in [5, 5.41) is 22.6. The van der Waals surface area contributed by atoms with Crippen LogP contribution in [0.4, 0.5) is 0 Å². The first-order valence-corrected chi connectivity index (χ1v) is 15.8. The van der Waals surface area contributed by atoms with Crippen molar-refractivity contribution in [1.82, 2.24) is 0 Å². The van der Waals surface area contributed by atoms with Gasteiger partial charge in [-0.2, -0.15) is 0 Å². The van der Waals surface area contributed by atoms with E-state index in [0.29, 0.717) is 34.3 Å². The van der Waals surface area contributed by atoms with Gasteiger partial charge >= 0.3 is 5.97 Å². The summed E-state index contributed by atoms with van der Waals surface area (Å²) in [6, 6.07) is 16.7. The van der Waals surface area contributed by atoms with Crippen LogP contribution in [0.3, 0.4) is 0 Å². The molecule has 1 aliphatic carbocycles. The van der Waals surface area contributed by atoms with E-state index in [1.165, 1.54) is 21.3 Å². The zero-order valence-electron chi connectivity index (χ0n) is 26.5. The summed E-state index contributed by atoms with van der Waals surface area (Å²) in [7, 11) is 4.59. The van der Waals surface area contributed by atoms with Crippen LogP contribution in [0.5, 0.6) is 28.7 Å². The molecular weight excluding hydrogens is 628 g/mol. The highest BCUT2D eigenvalue weighted by Gasteiger charge is 2.56.